The van der Waals surface area contributed by atoms with Crippen LogP contribution in [0.4, 0.5) is 26.0 Å². The third-order valence-electron chi connectivity index (χ3n) is 5.74. The topological polar surface area (TPSA) is 89.0 Å². The minimum Gasteiger partial charge on any atom is -0.455 e. The van der Waals surface area contributed by atoms with Crippen molar-refractivity contribution in [3.63, 3.8) is 0 Å². The van der Waals surface area contributed by atoms with Gasteiger partial charge in [-0.25, -0.2) is 18.7 Å². The summed E-state index contributed by atoms with van der Waals surface area (Å²) in [6.45, 7) is 0.769. The molecule has 2 heterocycles. The highest BCUT2D eigenvalue weighted by Crippen LogP contribution is 2.31. The summed E-state index contributed by atoms with van der Waals surface area (Å²) < 4.78 is 31.8. The van der Waals surface area contributed by atoms with Gasteiger partial charge in [0.05, 0.1) is 17.4 Å². The van der Waals surface area contributed by atoms with E-state index in [0.717, 1.165) is 35.0 Å². The fourth-order valence-electron chi connectivity index (χ4n) is 3.61. The van der Waals surface area contributed by atoms with E-state index in [-0.39, 0.29) is 11.6 Å². The van der Waals surface area contributed by atoms with Gasteiger partial charge in [0.1, 0.15) is 30.3 Å². The molecule has 7 nitrogen and oxygen atoms in total. The molecule has 2 aromatic heterocycles. The second-order valence-corrected chi connectivity index (χ2v) is 8.70. The summed E-state index contributed by atoms with van der Waals surface area (Å²) in [6, 6.07) is 13.9. The highest BCUT2D eigenvalue weighted by Gasteiger charge is 2.18. The van der Waals surface area contributed by atoms with Gasteiger partial charge in [-0.2, -0.15) is 0 Å². The maximum absolute atomic E-state index is 13.4. The Hall–Kier alpha value is -4.58. The minimum absolute atomic E-state index is 0.0251. The van der Waals surface area contributed by atoms with Crippen LogP contribution in [0.25, 0.3) is 10.9 Å². The molecule has 0 unspecified atom stereocenters. The number of halogens is 2. The molecular weight excluding hydrogens is 476 g/mol. The zero-order valence-corrected chi connectivity index (χ0v) is 20.0. The van der Waals surface area contributed by atoms with Crippen molar-refractivity contribution < 1.29 is 18.3 Å². The van der Waals surface area contributed by atoms with Gasteiger partial charge in [-0.1, -0.05) is 5.92 Å². The molecule has 4 aromatic rings. The number of carbonyl (C=O) groups excluding carboxylic acids is 1. The van der Waals surface area contributed by atoms with Gasteiger partial charge in [-0.3, -0.25) is 9.78 Å². The second kappa shape index (κ2) is 10.6. The lowest BCUT2D eigenvalue weighted by Crippen LogP contribution is -2.08. The molecule has 2 N–H and O–H groups in total. The van der Waals surface area contributed by atoms with Gasteiger partial charge in [-0.05, 0) is 79.8 Å². The van der Waals surface area contributed by atoms with Crippen molar-refractivity contribution in [2.24, 2.45) is 5.92 Å². The first kappa shape index (κ1) is 24.1. The molecule has 37 heavy (non-hydrogen) atoms. The molecule has 1 fully saturated rings. The first-order valence-corrected chi connectivity index (χ1v) is 11.8. The predicted octanol–water partition coefficient (Wildman–Crippen LogP) is 6.20. The number of rotatable bonds is 7. The smallest absolute Gasteiger partial charge is 0.300 e. The van der Waals surface area contributed by atoms with Gasteiger partial charge in [0, 0.05) is 22.7 Å². The van der Waals surface area contributed by atoms with Crippen molar-refractivity contribution in [3.05, 3.63) is 72.3 Å². The van der Waals surface area contributed by atoms with Gasteiger partial charge in [0.25, 0.3) is 5.91 Å². The number of benzene rings is 2. The maximum atomic E-state index is 13.4. The Balaban J connectivity index is 1.31. The SMILES string of the molecule is Cc1cc(Nc2ncnc3ccc(NC(=O)C#CC4CC4)cc23)ccc1Oc1ccc([C@H](F)CF)nc1. The molecule has 0 spiro atoms. The molecule has 1 aliphatic rings. The Kier molecular flexibility index (Phi) is 6.90. The minimum atomic E-state index is -1.74. The number of aromatic nitrogens is 3. The van der Waals surface area contributed by atoms with Crippen LogP contribution in [0.3, 0.4) is 0 Å². The Morgan fingerprint density at radius 2 is 1.95 bits per heavy atom. The van der Waals surface area contributed by atoms with Crippen molar-refractivity contribution >= 4 is 34.0 Å². The van der Waals surface area contributed by atoms with E-state index in [1.54, 1.807) is 24.3 Å². The van der Waals surface area contributed by atoms with Crippen molar-refractivity contribution in [1.29, 1.82) is 0 Å². The van der Waals surface area contributed by atoms with Crippen molar-refractivity contribution in [2.45, 2.75) is 25.9 Å². The summed E-state index contributed by atoms with van der Waals surface area (Å²) in [4.78, 5) is 24.8. The maximum Gasteiger partial charge on any atom is 0.300 e. The quantitative estimate of drug-likeness (QED) is 0.294. The molecular formula is C28H23F2N5O2. The van der Waals surface area contributed by atoms with Gasteiger partial charge in [0.15, 0.2) is 6.17 Å². The Bertz CT molecular complexity index is 1510. The number of amides is 1. The summed E-state index contributed by atoms with van der Waals surface area (Å²) in [5.74, 6) is 7.17. The third-order valence-corrected chi connectivity index (χ3v) is 5.74. The number of nitrogens with one attached hydrogen (secondary N) is 2. The van der Waals surface area contributed by atoms with Crippen LogP contribution in [-0.2, 0) is 4.79 Å². The van der Waals surface area contributed by atoms with Crippen molar-refractivity contribution in [2.75, 3.05) is 17.3 Å². The molecule has 0 radical (unpaired) electrons. The molecule has 5 rings (SSSR count). The van der Waals surface area contributed by atoms with Gasteiger partial charge >= 0.3 is 0 Å². The van der Waals surface area contributed by atoms with E-state index in [2.05, 4.69) is 37.4 Å². The van der Waals surface area contributed by atoms with Crippen LogP contribution in [0.2, 0.25) is 0 Å². The fraction of sp³-hybridized carbons (Fsp3) is 0.214. The number of alkyl halides is 2. The molecule has 0 saturated heterocycles. The zero-order chi connectivity index (χ0) is 25.8. The number of fused-ring (bicyclic) bond motifs is 1. The average Bonchev–Trinajstić information content (AvgIpc) is 3.74. The molecule has 9 heteroatoms. The van der Waals surface area contributed by atoms with Crippen molar-refractivity contribution in [3.8, 4) is 23.3 Å². The molecule has 1 saturated carbocycles. The molecule has 186 valence electrons. The molecule has 1 aliphatic carbocycles. The second-order valence-electron chi connectivity index (χ2n) is 8.70. The van der Waals surface area contributed by atoms with Crippen LogP contribution in [0.1, 0.15) is 30.3 Å². The number of carbonyl (C=O) groups is 1. The summed E-state index contributed by atoms with van der Waals surface area (Å²) in [6.07, 6.45) is 3.21. The number of ether oxygens (including phenoxy) is 1. The van der Waals surface area contributed by atoms with Gasteiger partial charge in [0.2, 0.25) is 0 Å². The first-order chi connectivity index (χ1) is 18.0. The number of aryl methyl sites for hydroxylation is 1. The standard InChI is InChI=1S/C28H23F2N5O2/c1-17-12-19(6-10-26(17)37-21-7-9-25(31-15-21)23(30)14-29)35-28-22-13-20(5-8-24(22)32-16-33-28)34-27(36)11-4-18-2-3-18/h5-10,12-13,15-16,18,23H,2-3,14H2,1H3,(H,34,36)(H,32,33,35)/t23-/m1/s1. The van der Waals surface area contributed by atoms with Crippen LogP contribution >= 0.6 is 0 Å². The van der Waals surface area contributed by atoms with E-state index in [4.69, 9.17) is 4.74 Å². The van der Waals surface area contributed by atoms with Gasteiger partial charge in [-0.15, -0.1) is 0 Å². The largest absolute Gasteiger partial charge is 0.455 e. The highest BCUT2D eigenvalue weighted by molar-refractivity contribution is 6.05. The average molecular weight is 500 g/mol. The lowest BCUT2D eigenvalue weighted by Gasteiger charge is -2.13. The van der Waals surface area contributed by atoms with Crippen LogP contribution < -0.4 is 15.4 Å². The lowest BCUT2D eigenvalue weighted by molar-refractivity contribution is -0.111. The Labute approximate surface area is 212 Å². The van der Waals surface area contributed by atoms with Crippen LogP contribution in [-0.4, -0.2) is 27.5 Å². The lowest BCUT2D eigenvalue weighted by atomic mass is 10.1. The van der Waals surface area contributed by atoms with E-state index in [9.17, 15) is 13.6 Å². The molecule has 0 aliphatic heterocycles. The number of nitrogens with zero attached hydrogens (tertiary/aromatic N) is 3. The van der Waals surface area contributed by atoms with E-state index >= 15 is 0 Å². The van der Waals surface area contributed by atoms with E-state index < -0.39 is 12.8 Å². The molecule has 2 aromatic carbocycles. The summed E-state index contributed by atoms with van der Waals surface area (Å²) in [5, 5.41) is 6.84. The number of hydrogen-bond acceptors (Lipinski definition) is 6. The Morgan fingerprint density at radius 1 is 1.11 bits per heavy atom. The Morgan fingerprint density at radius 3 is 2.68 bits per heavy atom. The van der Waals surface area contributed by atoms with Crippen LogP contribution in [0.5, 0.6) is 11.5 Å². The summed E-state index contributed by atoms with van der Waals surface area (Å²) in [7, 11) is 0. The monoisotopic (exact) mass is 499 g/mol. The van der Waals surface area contributed by atoms with Crippen molar-refractivity contribution in [1.82, 2.24) is 15.0 Å². The summed E-state index contributed by atoms with van der Waals surface area (Å²) in [5.41, 5.74) is 2.95. The van der Waals surface area contributed by atoms with E-state index in [0.29, 0.717) is 28.9 Å². The number of anilines is 3. The van der Waals surface area contributed by atoms with E-state index in [1.807, 2.05) is 25.1 Å². The first-order valence-electron chi connectivity index (χ1n) is 11.8. The molecule has 1 amide bonds. The summed E-state index contributed by atoms with van der Waals surface area (Å²) >= 11 is 0. The third kappa shape index (κ3) is 5.98. The van der Waals surface area contributed by atoms with Crippen LogP contribution in [0.15, 0.2) is 61.1 Å². The van der Waals surface area contributed by atoms with Crippen LogP contribution in [0, 0.1) is 24.7 Å². The molecule has 1 atom stereocenters. The van der Waals surface area contributed by atoms with Gasteiger partial charge < -0.3 is 15.4 Å². The zero-order valence-electron chi connectivity index (χ0n) is 20.0. The predicted molar refractivity (Wildman–Crippen MR) is 137 cm³/mol. The molecule has 0 bridgehead atoms. The van der Waals surface area contributed by atoms with E-state index in [1.165, 1.54) is 18.6 Å². The number of hydrogen-bond donors (Lipinski definition) is 2. The fourth-order valence-corrected chi connectivity index (χ4v) is 3.61. The highest BCUT2D eigenvalue weighted by atomic mass is 19.2. The normalized spacial score (nSPS) is 13.4. The number of pyridine rings is 1.